The first-order valence-corrected chi connectivity index (χ1v) is 19.9. The Morgan fingerprint density at radius 1 is 1.14 bits per heavy atom. The first-order chi connectivity index (χ1) is 24.4. The summed E-state index contributed by atoms with van der Waals surface area (Å²) in [7, 11) is -2.35. The maximum atomic E-state index is 13.8. The van der Waals surface area contributed by atoms with Crippen LogP contribution in [0.15, 0.2) is 72.9 Å². The Balaban J connectivity index is 1.33. The largest absolute Gasteiger partial charge is 0.490 e. The third-order valence-electron chi connectivity index (χ3n) is 12.0. The van der Waals surface area contributed by atoms with Gasteiger partial charge in [0.05, 0.1) is 23.1 Å². The van der Waals surface area contributed by atoms with E-state index in [1.165, 1.54) is 11.1 Å². The van der Waals surface area contributed by atoms with Gasteiger partial charge >= 0.3 is 0 Å². The lowest BCUT2D eigenvalue weighted by atomic mass is 9.62. The van der Waals surface area contributed by atoms with Gasteiger partial charge in [-0.15, -0.1) is 0 Å². The van der Waals surface area contributed by atoms with E-state index < -0.39 is 26.8 Å². The Hall–Kier alpha value is -3.73. The van der Waals surface area contributed by atoms with E-state index in [9.17, 15) is 18.0 Å². The predicted molar refractivity (Wildman–Crippen MR) is 198 cm³/mol. The number of fused-ring (bicyclic) bond motifs is 4. The number of benzene rings is 2. The standard InChI is InChI=1S/C40H46ClN3O6S/c1-26-8-6-18-40(49-3,22-36(45)34-10-4-5-19-42-34)33-14-11-30(33)23-44-24-39(17-7-9-28-20-31(41)13-15-32(28)39)25-50-37-16-12-29(21-35(37)44)38(46)43-51(47,48)27(26)2/h4-6,10,12-13,15-16,18-21,26-27,30,33H,7-9,11,14,17,22-25H2,1-3H3,(H,43,46)/b18-6-/t26-,27+,30-,33+,39-,40+/m0/s1. The highest BCUT2D eigenvalue weighted by atomic mass is 35.5. The van der Waals surface area contributed by atoms with E-state index in [1.54, 1.807) is 50.6 Å². The van der Waals surface area contributed by atoms with Gasteiger partial charge in [0.1, 0.15) is 11.4 Å². The van der Waals surface area contributed by atoms with Crippen LogP contribution in [-0.2, 0) is 26.6 Å². The quantitative estimate of drug-likeness (QED) is 0.227. The Morgan fingerprint density at radius 2 is 1.98 bits per heavy atom. The molecular formula is C40H46ClN3O6S. The molecule has 3 aromatic rings. The molecule has 9 nitrogen and oxygen atoms in total. The highest BCUT2D eigenvalue weighted by molar-refractivity contribution is 7.90. The van der Waals surface area contributed by atoms with E-state index in [2.05, 4.69) is 26.7 Å². The van der Waals surface area contributed by atoms with Crippen molar-refractivity contribution in [3.63, 3.8) is 0 Å². The molecule has 0 unspecified atom stereocenters. The third-order valence-corrected chi connectivity index (χ3v) is 14.1. The number of ketones is 1. The van der Waals surface area contributed by atoms with Gasteiger partial charge in [-0.25, -0.2) is 13.1 Å². The van der Waals surface area contributed by atoms with E-state index in [0.717, 1.165) is 37.8 Å². The van der Waals surface area contributed by atoms with Gasteiger partial charge in [0.2, 0.25) is 10.0 Å². The van der Waals surface area contributed by atoms with Crippen molar-refractivity contribution in [1.82, 2.24) is 9.71 Å². The number of aryl methyl sites for hydroxylation is 1. The van der Waals surface area contributed by atoms with Gasteiger partial charge in [-0.2, -0.15) is 0 Å². The normalized spacial score (nSPS) is 30.8. The number of methoxy groups -OCH3 is 1. The smallest absolute Gasteiger partial charge is 0.264 e. The van der Waals surface area contributed by atoms with Gasteiger partial charge in [-0.1, -0.05) is 42.8 Å². The number of rotatable bonds is 4. The molecule has 2 aliphatic heterocycles. The van der Waals surface area contributed by atoms with E-state index in [-0.39, 0.29) is 40.9 Å². The van der Waals surface area contributed by atoms with Crippen molar-refractivity contribution in [2.45, 2.75) is 75.1 Å². The number of amides is 1. The summed E-state index contributed by atoms with van der Waals surface area (Å²) in [6.07, 6.45) is 10.8. The van der Waals surface area contributed by atoms with Crippen molar-refractivity contribution < 1.29 is 27.5 Å². The number of anilines is 1. The maximum absolute atomic E-state index is 13.8. The lowest BCUT2D eigenvalue weighted by Crippen LogP contribution is -2.53. The molecule has 1 amide bonds. The number of Topliss-reactive ketones (excluding diaryl/α,β-unsaturated/α-hetero) is 1. The maximum Gasteiger partial charge on any atom is 0.264 e. The molecule has 7 rings (SSSR count). The second-order valence-electron chi connectivity index (χ2n) is 15.0. The number of ether oxygens (including phenoxy) is 2. The van der Waals surface area contributed by atoms with Gasteiger partial charge in [-0.3, -0.25) is 14.6 Å². The predicted octanol–water partition coefficient (Wildman–Crippen LogP) is 6.94. The lowest BCUT2D eigenvalue weighted by molar-refractivity contribution is -0.0742. The van der Waals surface area contributed by atoms with Crippen LogP contribution in [-0.4, -0.2) is 62.7 Å². The van der Waals surface area contributed by atoms with Crippen molar-refractivity contribution in [2.75, 3.05) is 31.7 Å². The van der Waals surface area contributed by atoms with E-state index >= 15 is 0 Å². The van der Waals surface area contributed by atoms with Crippen LogP contribution in [0.2, 0.25) is 5.02 Å². The van der Waals surface area contributed by atoms with Gasteiger partial charge in [0, 0.05) is 48.8 Å². The van der Waals surface area contributed by atoms with Crippen LogP contribution in [0.5, 0.6) is 5.75 Å². The lowest BCUT2D eigenvalue weighted by Gasteiger charge is -2.50. The molecule has 2 bridgehead atoms. The number of allylic oxidation sites excluding steroid dienone is 1. The first-order valence-electron chi connectivity index (χ1n) is 18.0. The number of hydrogen-bond acceptors (Lipinski definition) is 8. The minimum absolute atomic E-state index is 0.00304. The third kappa shape index (κ3) is 6.82. The molecule has 270 valence electrons. The highest BCUT2D eigenvalue weighted by Gasteiger charge is 2.50. The molecule has 1 saturated carbocycles. The highest BCUT2D eigenvalue weighted by Crippen LogP contribution is 2.50. The molecule has 1 spiro atoms. The topological polar surface area (TPSA) is 115 Å². The molecule has 2 aromatic carbocycles. The molecule has 3 heterocycles. The zero-order valence-electron chi connectivity index (χ0n) is 29.4. The molecule has 1 fully saturated rings. The minimum Gasteiger partial charge on any atom is -0.490 e. The summed E-state index contributed by atoms with van der Waals surface area (Å²) < 4.78 is 42.4. The molecule has 0 radical (unpaired) electrons. The first kappa shape index (κ1) is 35.7. The number of sulfonamides is 1. The van der Waals surface area contributed by atoms with Crippen LogP contribution >= 0.6 is 11.6 Å². The number of pyridine rings is 1. The molecule has 1 N–H and O–H groups in total. The van der Waals surface area contributed by atoms with Crippen LogP contribution in [0.25, 0.3) is 0 Å². The fourth-order valence-corrected chi connectivity index (χ4v) is 10.2. The fraction of sp³-hybridized carbons (Fsp3) is 0.475. The molecule has 51 heavy (non-hydrogen) atoms. The number of hydrogen-bond donors (Lipinski definition) is 1. The summed E-state index contributed by atoms with van der Waals surface area (Å²) >= 11 is 6.46. The van der Waals surface area contributed by atoms with Crippen molar-refractivity contribution in [1.29, 1.82) is 0 Å². The molecule has 11 heteroatoms. The molecular weight excluding hydrogens is 686 g/mol. The number of nitrogens with zero attached hydrogens (tertiary/aromatic N) is 2. The van der Waals surface area contributed by atoms with Gasteiger partial charge in [-0.05, 0) is 117 Å². The fourth-order valence-electron chi connectivity index (χ4n) is 8.70. The van der Waals surface area contributed by atoms with E-state index in [0.29, 0.717) is 42.6 Å². The van der Waals surface area contributed by atoms with Crippen molar-refractivity contribution >= 4 is 39.0 Å². The van der Waals surface area contributed by atoms with Crippen LogP contribution in [0.4, 0.5) is 5.69 Å². The van der Waals surface area contributed by atoms with Crippen LogP contribution < -0.4 is 14.4 Å². The second-order valence-corrected chi connectivity index (χ2v) is 17.5. The number of carbonyl (C=O) groups is 2. The summed E-state index contributed by atoms with van der Waals surface area (Å²) in [5.74, 6) is -0.284. The molecule has 6 atom stereocenters. The number of nitrogens with one attached hydrogen (secondary N) is 1. The zero-order valence-corrected chi connectivity index (χ0v) is 31.0. The molecule has 2 aliphatic carbocycles. The van der Waals surface area contributed by atoms with Crippen LogP contribution in [0.3, 0.4) is 0 Å². The summed E-state index contributed by atoms with van der Waals surface area (Å²) in [5.41, 5.74) is 2.58. The summed E-state index contributed by atoms with van der Waals surface area (Å²) in [6, 6.07) is 16.7. The molecule has 0 saturated heterocycles. The second kappa shape index (κ2) is 14.0. The Bertz CT molecular complexity index is 1950. The van der Waals surface area contributed by atoms with Crippen LogP contribution in [0, 0.1) is 17.8 Å². The summed E-state index contributed by atoms with van der Waals surface area (Å²) in [4.78, 5) is 34.0. The summed E-state index contributed by atoms with van der Waals surface area (Å²) in [6.45, 7) is 5.20. The molecule has 4 aliphatic rings. The van der Waals surface area contributed by atoms with Crippen molar-refractivity contribution in [3.8, 4) is 5.75 Å². The van der Waals surface area contributed by atoms with Gasteiger partial charge < -0.3 is 14.4 Å². The SMILES string of the molecule is CO[C@@]1(CC(=O)c2ccccn2)/C=C\C[C@H](C)[C@@H](C)S(=O)(=O)NC(=O)c2ccc3c(c2)N(C[C@@H]2CC[C@H]21)C[C@@]1(CCCc2cc(Cl)ccc21)CO3. The van der Waals surface area contributed by atoms with Gasteiger partial charge in [0.15, 0.2) is 5.78 Å². The average Bonchev–Trinajstić information content (AvgIpc) is 3.25. The minimum atomic E-state index is -4.02. The van der Waals surface area contributed by atoms with Crippen molar-refractivity contribution in [2.24, 2.45) is 17.8 Å². The number of halogens is 1. The number of carbonyl (C=O) groups excluding carboxylic acids is 2. The van der Waals surface area contributed by atoms with Gasteiger partial charge in [0.25, 0.3) is 5.91 Å². The Labute approximate surface area is 305 Å². The Morgan fingerprint density at radius 3 is 2.73 bits per heavy atom. The zero-order chi connectivity index (χ0) is 36.0. The van der Waals surface area contributed by atoms with E-state index in [4.69, 9.17) is 21.1 Å². The number of aromatic nitrogens is 1. The van der Waals surface area contributed by atoms with E-state index in [1.807, 2.05) is 31.2 Å². The molecule has 1 aromatic heterocycles. The van der Waals surface area contributed by atoms with Crippen LogP contribution in [0.1, 0.15) is 84.3 Å². The van der Waals surface area contributed by atoms with Crippen molar-refractivity contribution in [3.05, 3.63) is 100 Å². The Kier molecular flexibility index (Phi) is 9.80. The average molecular weight is 732 g/mol. The summed E-state index contributed by atoms with van der Waals surface area (Å²) in [5, 5.41) is -0.146. The monoisotopic (exact) mass is 731 g/mol.